The number of carbonyl (C=O) groups excluding carboxylic acids is 2. The van der Waals surface area contributed by atoms with Crippen LogP contribution in [0.5, 0.6) is 0 Å². The number of rotatable bonds is 8. The van der Waals surface area contributed by atoms with E-state index in [0.29, 0.717) is 22.4 Å². The van der Waals surface area contributed by atoms with E-state index in [4.69, 9.17) is 4.74 Å². The maximum absolute atomic E-state index is 13.1. The molecule has 4 aromatic rings. The Hall–Kier alpha value is -5.08. The number of benzene rings is 2. The van der Waals surface area contributed by atoms with Crippen molar-refractivity contribution in [2.45, 2.75) is 6.92 Å². The zero-order valence-corrected chi connectivity index (χ0v) is 20.2. The number of amides is 1. The molecule has 0 bridgehead atoms. The fourth-order valence-electron chi connectivity index (χ4n) is 3.57. The number of non-ortho nitro benzene ring substituents is 1. The highest BCUT2D eigenvalue weighted by Crippen LogP contribution is 2.36. The standard InChI is InChI=1S/C26H19N5O5S/c1-2-36-26(33)22-21(16-7-4-3-5-8-16)15-37-25(22)29-24(32)18(13-27)11-19-14-28-30-23(19)17-9-6-10-20(12-17)31(34)35/h3-12,14-15H,2H2,1H3,(H,28,30)(H,29,32). The largest absolute Gasteiger partial charge is 0.462 e. The number of nitro groups is 1. The van der Waals surface area contributed by atoms with Gasteiger partial charge in [0.15, 0.2) is 0 Å². The number of anilines is 1. The van der Waals surface area contributed by atoms with E-state index >= 15 is 0 Å². The molecule has 0 spiro atoms. The van der Waals surface area contributed by atoms with Crippen molar-refractivity contribution < 1.29 is 19.2 Å². The molecule has 4 rings (SSSR count). The molecule has 0 aliphatic rings. The number of carbonyl (C=O) groups is 2. The summed E-state index contributed by atoms with van der Waals surface area (Å²) in [4.78, 5) is 36.5. The van der Waals surface area contributed by atoms with Gasteiger partial charge in [-0.1, -0.05) is 42.5 Å². The van der Waals surface area contributed by atoms with Crippen LogP contribution in [0.1, 0.15) is 22.8 Å². The van der Waals surface area contributed by atoms with Gasteiger partial charge in [-0.2, -0.15) is 10.4 Å². The Balaban J connectivity index is 1.67. The van der Waals surface area contributed by atoms with Crippen LogP contribution < -0.4 is 5.32 Å². The van der Waals surface area contributed by atoms with E-state index in [0.717, 1.165) is 16.9 Å². The van der Waals surface area contributed by atoms with Crippen molar-refractivity contribution in [3.63, 3.8) is 0 Å². The highest BCUT2D eigenvalue weighted by Gasteiger charge is 2.24. The number of nitrogens with zero attached hydrogens (tertiary/aromatic N) is 3. The molecule has 2 aromatic heterocycles. The van der Waals surface area contributed by atoms with Gasteiger partial charge < -0.3 is 10.1 Å². The van der Waals surface area contributed by atoms with Gasteiger partial charge in [0.25, 0.3) is 11.6 Å². The van der Waals surface area contributed by atoms with Crippen LogP contribution in [0.3, 0.4) is 0 Å². The summed E-state index contributed by atoms with van der Waals surface area (Å²) in [5.41, 5.74) is 2.46. The van der Waals surface area contributed by atoms with Gasteiger partial charge in [-0.15, -0.1) is 11.3 Å². The Morgan fingerprint density at radius 3 is 2.68 bits per heavy atom. The van der Waals surface area contributed by atoms with Crippen LogP contribution >= 0.6 is 11.3 Å². The molecule has 2 N–H and O–H groups in total. The smallest absolute Gasteiger partial charge is 0.341 e. The van der Waals surface area contributed by atoms with E-state index in [1.54, 1.807) is 18.4 Å². The molecule has 0 radical (unpaired) electrons. The summed E-state index contributed by atoms with van der Waals surface area (Å²) < 4.78 is 5.21. The van der Waals surface area contributed by atoms with Crippen LogP contribution in [0.15, 0.2) is 71.7 Å². The number of nitro benzene ring substituents is 1. The Morgan fingerprint density at radius 1 is 1.22 bits per heavy atom. The Morgan fingerprint density at radius 2 is 1.97 bits per heavy atom. The lowest BCUT2D eigenvalue weighted by Gasteiger charge is -2.08. The topological polar surface area (TPSA) is 151 Å². The first-order valence-electron chi connectivity index (χ1n) is 11.0. The monoisotopic (exact) mass is 513 g/mol. The second-order valence-electron chi connectivity index (χ2n) is 7.57. The number of hydrogen-bond acceptors (Lipinski definition) is 8. The van der Waals surface area contributed by atoms with Crippen molar-refractivity contribution in [3.8, 4) is 28.5 Å². The van der Waals surface area contributed by atoms with Crippen molar-refractivity contribution in [2.24, 2.45) is 0 Å². The molecule has 11 heteroatoms. The third kappa shape index (κ3) is 5.44. The molecule has 184 valence electrons. The average molecular weight is 514 g/mol. The first kappa shape index (κ1) is 25.0. The molecular formula is C26H19N5O5S. The van der Waals surface area contributed by atoms with Gasteiger partial charge in [-0.3, -0.25) is 20.0 Å². The molecule has 0 saturated carbocycles. The van der Waals surface area contributed by atoms with Crippen molar-refractivity contribution in [1.82, 2.24) is 10.2 Å². The Labute approximate surface area is 215 Å². The van der Waals surface area contributed by atoms with Gasteiger partial charge in [0, 0.05) is 34.2 Å². The van der Waals surface area contributed by atoms with Gasteiger partial charge in [-0.05, 0) is 18.6 Å². The van der Waals surface area contributed by atoms with Gasteiger partial charge in [-0.25, -0.2) is 4.79 Å². The minimum absolute atomic E-state index is 0.112. The molecule has 0 saturated heterocycles. The Bertz CT molecular complexity index is 1550. The molecule has 0 fully saturated rings. The number of aromatic nitrogens is 2. The third-order valence-electron chi connectivity index (χ3n) is 5.26. The average Bonchev–Trinajstić information content (AvgIpc) is 3.55. The predicted octanol–water partition coefficient (Wildman–Crippen LogP) is 5.44. The summed E-state index contributed by atoms with van der Waals surface area (Å²) in [6.45, 7) is 1.84. The van der Waals surface area contributed by atoms with Crippen LogP contribution in [0, 0.1) is 21.4 Å². The predicted molar refractivity (Wildman–Crippen MR) is 139 cm³/mol. The van der Waals surface area contributed by atoms with E-state index in [1.165, 1.54) is 30.5 Å². The van der Waals surface area contributed by atoms with Crippen molar-refractivity contribution in [3.05, 3.63) is 93.0 Å². The van der Waals surface area contributed by atoms with E-state index in [9.17, 15) is 25.0 Å². The number of aromatic amines is 1. The summed E-state index contributed by atoms with van der Waals surface area (Å²) in [6, 6.07) is 17.0. The lowest BCUT2D eigenvalue weighted by Crippen LogP contribution is -2.16. The lowest BCUT2D eigenvalue weighted by molar-refractivity contribution is -0.384. The van der Waals surface area contributed by atoms with Crippen LogP contribution in [-0.2, 0) is 9.53 Å². The molecule has 1 amide bonds. The molecule has 2 aromatic carbocycles. The number of H-pyrrole nitrogens is 1. The summed E-state index contributed by atoms with van der Waals surface area (Å²) in [5, 5.41) is 32.2. The second-order valence-corrected chi connectivity index (χ2v) is 8.45. The first-order chi connectivity index (χ1) is 17.9. The van der Waals surface area contributed by atoms with Crippen LogP contribution in [0.25, 0.3) is 28.5 Å². The quantitative estimate of drug-likeness (QED) is 0.105. The molecule has 0 aliphatic carbocycles. The zero-order valence-electron chi connectivity index (χ0n) is 19.4. The first-order valence-corrected chi connectivity index (χ1v) is 11.9. The summed E-state index contributed by atoms with van der Waals surface area (Å²) in [5.74, 6) is -1.33. The molecule has 2 heterocycles. The second kappa shape index (κ2) is 11.1. The van der Waals surface area contributed by atoms with Gasteiger partial charge in [0.05, 0.1) is 23.4 Å². The minimum Gasteiger partial charge on any atom is -0.462 e. The van der Waals surface area contributed by atoms with E-state index in [2.05, 4.69) is 15.5 Å². The number of nitriles is 1. The van der Waals surface area contributed by atoms with Crippen LogP contribution in [0.4, 0.5) is 10.7 Å². The molecule has 37 heavy (non-hydrogen) atoms. The normalized spacial score (nSPS) is 11.0. The van der Waals surface area contributed by atoms with Crippen molar-refractivity contribution in [1.29, 1.82) is 5.26 Å². The molecule has 0 aliphatic heterocycles. The molecule has 10 nitrogen and oxygen atoms in total. The number of nitrogens with one attached hydrogen (secondary N) is 2. The van der Waals surface area contributed by atoms with Gasteiger partial charge >= 0.3 is 5.97 Å². The lowest BCUT2D eigenvalue weighted by atomic mass is 10.0. The Kier molecular flexibility index (Phi) is 7.51. The highest BCUT2D eigenvalue weighted by molar-refractivity contribution is 7.15. The summed E-state index contributed by atoms with van der Waals surface area (Å²) in [6.07, 6.45) is 2.73. The number of thiophene rings is 1. The number of esters is 1. The van der Waals surface area contributed by atoms with Gasteiger partial charge in [0.2, 0.25) is 0 Å². The maximum atomic E-state index is 13.1. The summed E-state index contributed by atoms with van der Waals surface area (Å²) >= 11 is 1.14. The molecule has 0 unspecified atom stereocenters. The minimum atomic E-state index is -0.735. The zero-order chi connectivity index (χ0) is 26.4. The van der Waals surface area contributed by atoms with Crippen LogP contribution in [0.2, 0.25) is 0 Å². The fourth-order valence-corrected chi connectivity index (χ4v) is 4.52. The third-order valence-corrected chi connectivity index (χ3v) is 6.16. The summed E-state index contributed by atoms with van der Waals surface area (Å²) in [7, 11) is 0. The van der Waals surface area contributed by atoms with E-state index < -0.39 is 16.8 Å². The maximum Gasteiger partial charge on any atom is 0.341 e. The van der Waals surface area contributed by atoms with Crippen molar-refractivity contribution in [2.75, 3.05) is 11.9 Å². The number of hydrogen-bond donors (Lipinski definition) is 2. The number of ether oxygens (including phenoxy) is 1. The fraction of sp³-hybridized carbons (Fsp3) is 0.0769. The SMILES string of the molecule is CCOC(=O)c1c(-c2ccccc2)csc1NC(=O)C(C#N)=Cc1cn[nH]c1-c1cccc([N+](=O)[O-])c1. The van der Waals surface area contributed by atoms with Gasteiger partial charge in [0.1, 0.15) is 22.2 Å². The van der Waals surface area contributed by atoms with Crippen molar-refractivity contribution >= 4 is 40.0 Å². The highest BCUT2D eigenvalue weighted by atomic mass is 32.1. The van der Waals surface area contributed by atoms with E-state index in [1.807, 2.05) is 36.4 Å². The molecule has 0 atom stereocenters. The molecular weight excluding hydrogens is 494 g/mol. The van der Waals surface area contributed by atoms with Crippen LogP contribution in [-0.4, -0.2) is 33.6 Å². The van der Waals surface area contributed by atoms with E-state index in [-0.39, 0.29) is 28.4 Å².